The topological polar surface area (TPSA) is 136 Å². The molecule has 1 spiro atoms. The summed E-state index contributed by atoms with van der Waals surface area (Å²) in [5.41, 5.74) is 1.23. The van der Waals surface area contributed by atoms with Crippen molar-refractivity contribution in [3.8, 4) is 22.7 Å². The highest BCUT2D eigenvalue weighted by atomic mass is 32.1. The zero-order chi connectivity index (χ0) is 29.0. The number of ketones is 2. The Kier molecular flexibility index (Phi) is 6.21. The number of thiophene rings is 1. The number of hydrogen-bond donors (Lipinski definition) is 2. The number of carboxylic acid groups (broad SMARTS) is 1. The molecule has 1 fully saturated rings. The normalized spacial score (nSPS) is 17.6. The second-order valence-electron chi connectivity index (χ2n) is 10.5. The SMILES string of the molecule is Cc1nn(-c2ccccn2)c2sc(C(=O)[C@H]3C(=O)c4cc(-c5ccnc(C(=O)O)c5)ccc4OC34CCNCC4)cc12. The summed E-state index contributed by atoms with van der Waals surface area (Å²) in [5.74, 6) is -1.67. The molecule has 1 atom stereocenters. The molecule has 4 aromatic heterocycles. The number of piperidine rings is 1. The number of aromatic carboxylic acids is 1. The van der Waals surface area contributed by atoms with Crippen molar-refractivity contribution in [1.82, 2.24) is 25.1 Å². The Bertz CT molecular complexity index is 1890. The van der Waals surface area contributed by atoms with Gasteiger partial charge in [-0.05, 0) is 73.6 Å². The second-order valence-corrected chi connectivity index (χ2v) is 11.6. The van der Waals surface area contributed by atoms with Gasteiger partial charge in [-0.15, -0.1) is 11.3 Å². The molecule has 2 N–H and O–H groups in total. The van der Waals surface area contributed by atoms with E-state index in [2.05, 4.69) is 20.4 Å². The van der Waals surface area contributed by atoms with Gasteiger partial charge < -0.3 is 15.2 Å². The molecule has 11 heteroatoms. The van der Waals surface area contributed by atoms with Crippen LogP contribution in [0.2, 0.25) is 0 Å². The van der Waals surface area contributed by atoms with Crippen LogP contribution in [0.1, 0.15) is 49.1 Å². The van der Waals surface area contributed by atoms with Crippen LogP contribution in [-0.2, 0) is 0 Å². The molecule has 0 unspecified atom stereocenters. The Hall–Kier alpha value is -4.74. The number of rotatable bonds is 5. The first-order valence-electron chi connectivity index (χ1n) is 13.6. The van der Waals surface area contributed by atoms with E-state index in [4.69, 9.17) is 4.74 Å². The molecule has 7 rings (SSSR count). The fourth-order valence-electron chi connectivity index (χ4n) is 5.93. The molecule has 0 saturated carbocycles. The standard InChI is InChI=1S/C31H25N5O5S/c1-17-20-16-24(42-29(20)36(35-17)25-4-2-3-10-34-25)28(38)26-27(37)21-14-18(19-7-11-33-22(15-19)30(39)40)5-6-23(21)41-31(26)8-12-32-13-9-31/h2-7,10-11,14-16,26,32H,8-9,12-13H2,1H3,(H,39,40)/t26-/m1/s1. The molecule has 0 amide bonds. The van der Waals surface area contributed by atoms with Crippen LogP contribution in [0.4, 0.5) is 0 Å². The predicted molar refractivity (Wildman–Crippen MR) is 156 cm³/mol. The van der Waals surface area contributed by atoms with E-state index in [0.717, 1.165) is 15.9 Å². The summed E-state index contributed by atoms with van der Waals surface area (Å²) in [6.07, 6.45) is 4.13. The first kappa shape index (κ1) is 26.2. The van der Waals surface area contributed by atoms with Crippen molar-refractivity contribution in [3.05, 3.63) is 88.8 Å². The highest BCUT2D eigenvalue weighted by molar-refractivity contribution is 7.20. The summed E-state index contributed by atoms with van der Waals surface area (Å²) in [7, 11) is 0. The number of carbonyl (C=O) groups excluding carboxylic acids is 2. The largest absolute Gasteiger partial charge is 0.485 e. The van der Waals surface area contributed by atoms with Gasteiger partial charge in [0.15, 0.2) is 17.4 Å². The van der Waals surface area contributed by atoms with Crippen molar-refractivity contribution in [2.24, 2.45) is 5.92 Å². The summed E-state index contributed by atoms with van der Waals surface area (Å²) in [4.78, 5) is 49.7. The highest BCUT2D eigenvalue weighted by Gasteiger charge is 2.54. The Morgan fingerprint density at radius 3 is 2.62 bits per heavy atom. The number of aryl methyl sites for hydroxylation is 1. The highest BCUT2D eigenvalue weighted by Crippen LogP contribution is 2.45. The van der Waals surface area contributed by atoms with Crippen LogP contribution >= 0.6 is 11.3 Å². The van der Waals surface area contributed by atoms with E-state index in [1.807, 2.05) is 31.2 Å². The second kappa shape index (κ2) is 9.97. The maximum absolute atomic E-state index is 14.4. The minimum absolute atomic E-state index is 0.0983. The van der Waals surface area contributed by atoms with Crippen LogP contribution in [0, 0.1) is 12.8 Å². The van der Waals surface area contributed by atoms with Gasteiger partial charge in [0, 0.05) is 30.6 Å². The lowest BCUT2D eigenvalue weighted by molar-refractivity contribution is -0.0136. The van der Waals surface area contributed by atoms with Gasteiger partial charge >= 0.3 is 5.97 Å². The third-order valence-electron chi connectivity index (χ3n) is 8.02. The third-order valence-corrected chi connectivity index (χ3v) is 9.15. The van der Waals surface area contributed by atoms with E-state index in [1.54, 1.807) is 35.1 Å². The number of nitrogens with zero attached hydrogens (tertiary/aromatic N) is 4. The molecule has 1 aromatic carbocycles. The van der Waals surface area contributed by atoms with Crippen LogP contribution in [0.3, 0.4) is 0 Å². The minimum Gasteiger partial charge on any atom is -0.485 e. The van der Waals surface area contributed by atoms with Gasteiger partial charge in [-0.1, -0.05) is 12.1 Å². The van der Waals surface area contributed by atoms with Crippen molar-refractivity contribution >= 4 is 39.1 Å². The molecule has 0 bridgehead atoms. The number of pyridine rings is 2. The molecule has 0 aliphatic carbocycles. The number of hydrogen-bond acceptors (Lipinski definition) is 9. The summed E-state index contributed by atoms with van der Waals surface area (Å²) in [6, 6.07) is 15.7. The lowest BCUT2D eigenvalue weighted by Gasteiger charge is -2.45. The molecule has 5 aromatic rings. The average Bonchev–Trinajstić information content (AvgIpc) is 3.58. The number of carbonyl (C=O) groups is 3. The molecule has 2 aliphatic heterocycles. The fourth-order valence-corrected chi connectivity index (χ4v) is 7.08. The van der Waals surface area contributed by atoms with Gasteiger partial charge in [-0.2, -0.15) is 5.10 Å². The number of Topliss-reactive ketones (excluding diaryl/α,β-unsaturated/α-hetero) is 2. The Morgan fingerprint density at radius 1 is 1.05 bits per heavy atom. The molecular weight excluding hydrogens is 554 g/mol. The molecule has 0 radical (unpaired) electrons. The van der Waals surface area contributed by atoms with Gasteiger partial charge in [0.25, 0.3) is 0 Å². The number of fused-ring (bicyclic) bond motifs is 2. The van der Waals surface area contributed by atoms with Crippen LogP contribution < -0.4 is 10.1 Å². The lowest BCUT2D eigenvalue weighted by Crippen LogP contribution is -2.58. The van der Waals surface area contributed by atoms with E-state index < -0.39 is 17.5 Å². The Labute approximate surface area is 244 Å². The van der Waals surface area contributed by atoms with Crippen molar-refractivity contribution in [1.29, 1.82) is 0 Å². The Balaban J connectivity index is 1.31. The zero-order valence-electron chi connectivity index (χ0n) is 22.5. The lowest BCUT2D eigenvalue weighted by atomic mass is 9.71. The monoisotopic (exact) mass is 579 g/mol. The number of carboxylic acids is 1. The summed E-state index contributed by atoms with van der Waals surface area (Å²) >= 11 is 1.30. The number of nitrogens with one attached hydrogen (secondary N) is 1. The van der Waals surface area contributed by atoms with E-state index in [0.29, 0.717) is 59.1 Å². The number of ether oxygens (including phenoxy) is 1. The molecule has 210 valence electrons. The maximum atomic E-state index is 14.4. The first-order valence-corrected chi connectivity index (χ1v) is 14.4. The maximum Gasteiger partial charge on any atom is 0.354 e. The van der Waals surface area contributed by atoms with Gasteiger partial charge in [0.1, 0.15) is 27.8 Å². The molecular formula is C31H25N5O5S. The summed E-state index contributed by atoms with van der Waals surface area (Å²) < 4.78 is 8.33. The van der Waals surface area contributed by atoms with Gasteiger partial charge in [0.05, 0.1) is 16.1 Å². The van der Waals surface area contributed by atoms with E-state index >= 15 is 0 Å². The minimum atomic E-state index is -1.14. The van der Waals surface area contributed by atoms with Gasteiger partial charge in [-0.25, -0.2) is 19.4 Å². The third kappa shape index (κ3) is 4.20. The van der Waals surface area contributed by atoms with Gasteiger partial charge in [-0.3, -0.25) is 9.59 Å². The smallest absolute Gasteiger partial charge is 0.354 e. The number of aromatic nitrogens is 4. The van der Waals surface area contributed by atoms with Crippen LogP contribution in [0.5, 0.6) is 5.75 Å². The van der Waals surface area contributed by atoms with Crippen LogP contribution in [0.25, 0.3) is 27.2 Å². The molecule has 2 aliphatic rings. The van der Waals surface area contributed by atoms with E-state index in [9.17, 15) is 19.5 Å². The first-order chi connectivity index (χ1) is 20.3. The number of benzene rings is 1. The molecule has 6 heterocycles. The summed E-state index contributed by atoms with van der Waals surface area (Å²) in [5, 5.41) is 18.2. The van der Waals surface area contributed by atoms with Crippen LogP contribution in [0.15, 0.2) is 67.0 Å². The molecule has 42 heavy (non-hydrogen) atoms. The van der Waals surface area contributed by atoms with Crippen molar-refractivity contribution < 1.29 is 24.2 Å². The molecule has 10 nitrogen and oxygen atoms in total. The van der Waals surface area contributed by atoms with Gasteiger partial charge in [0.2, 0.25) is 0 Å². The zero-order valence-corrected chi connectivity index (χ0v) is 23.4. The van der Waals surface area contributed by atoms with E-state index in [-0.39, 0.29) is 17.3 Å². The van der Waals surface area contributed by atoms with Crippen molar-refractivity contribution in [2.45, 2.75) is 25.4 Å². The van der Waals surface area contributed by atoms with E-state index in [1.165, 1.54) is 23.6 Å². The van der Waals surface area contributed by atoms with Crippen molar-refractivity contribution in [2.75, 3.05) is 13.1 Å². The fraction of sp³-hybridized carbons (Fsp3) is 0.226. The summed E-state index contributed by atoms with van der Waals surface area (Å²) in [6.45, 7) is 3.14. The Morgan fingerprint density at radius 2 is 1.86 bits per heavy atom. The molecule has 1 saturated heterocycles. The predicted octanol–water partition coefficient (Wildman–Crippen LogP) is 4.75. The van der Waals surface area contributed by atoms with Crippen molar-refractivity contribution in [3.63, 3.8) is 0 Å². The average molecular weight is 580 g/mol. The van der Waals surface area contributed by atoms with Crippen LogP contribution in [-0.4, -0.2) is 61.1 Å². The quantitative estimate of drug-likeness (QED) is 0.223.